The summed E-state index contributed by atoms with van der Waals surface area (Å²) in [6, 6.07) is 0. The number of nitrogen functional groups attached to an aromatic ring is 1. The van der Waals surface area contributed by atoms with Gasteiger partial charge in [0.2, 0.25) is 10.4 Å². The lowest BCUT2D eigenvalue weighted by Gasteiger charge is -1.99. The molecule has 0 saturated carbocycles. The van der Waals surface area contributed by atoms with Crippen molar-refractivity contribution >= 4 is 31.7 Å². The van der Waals surface area contributed by atoms with Gasteiger partial charge in [0.05, 0.1) is 10.2 Å². The standard InChI is InChI=1S/C4H3N3OSi2/c5-3-2(9)1-7(10)4(8)6-3/h1H,(H2,5,6,8). The van der Waals surface area contributed by atoms with Crippen LogP contribution in [0.25, 0.3) is 0 Å². The van der Waals surface area contributed by atoms with E-state index >= 15 is 0 Å². The van der Waals surface area contributed by atoms with E-state index < -0.39 is 5.69 Å². The van der Waals surface area contributed by atoms with Gasteiger partial charge in [-0.25, -0.2) is 4.79 Å². The van der Waals surface area contributed by atoms with E-state index in [4.69, 9.17) is 5.73 Å². The molecule has 0 saturated heterocycles. The van der Waals surface area contributed by atoms with Gasteiger partial charge in [0.1, 0.15) is 5.82 Å². The molecule has 2 N–H and O–H groups in total. The lowest BCUT2D eigenvalue weighted by molar-refractivity contribution is 1.02. The third-order valence-electron chi connectivity index (χ3n) is 0.956. The predicted molar refractivity (Wildman–Crippen MR) is 39.4 cm³/mol. The molecule has 0 aromatic carbocycles. The molecular weight excluding hydrogens is 162 g/mol. The van der Waals surface area contributed by atoms with Crippen LogP contribution in [0.4, 0.5) is 5.82 Å². The Balaban J connectivity index is 3.43. The second-order valence-electron chi connectivity index (χ2n) is 1.69. The summed E-state index contributed by atoms with van der Waals surface area (Å²) in [7, 11) is 6.14. The summed E-state index contributed by atoms with van der Waals surface area (Å²) >= 11 is 0. The number of hydrogen-bond acceptors (Lipinski definition) is 3. The molecule has 6 heteroatoms. The van der Waals surface area contributed by atoms with Crippen molar-refractivity contribution in [3.05, 3.63) is 16.7 Å². The second kappa shape index (κ2) is 2.39. The molecule has 1 rings (SSSR count). The van der Waals surface area contributed by atoms with Crippen molar-refractivity contribution in [1.29, 1.82) is 0 Å². The lowest BCUT2D eigenvalue weighted by Crippen LogP contribution is -2.29. The van der Waals surface area contributed by atoms with Crippen molar-refractivity contribution in [1.82, 2.24) is 9.22 Å². The normalized spacial score (nSPS) is 9.80. The molecule has 6 radical (unpaired) electrons. The Kier molecular flexibility index (Phi) is 1.72. The minimum Gasteiger partial charge on any atom is -0.384 e. The molecule has 4 nitrogen and oxygen atoms in total. The Morgan fingerprint density at radius 1 is 1.70 bits per heavy atom. The number of nitrogens with two attached hydrogens (primary N) is 1. The van der Waals surface area contributed by atoms with Gasteiger partial charge < -0.3 is 9.97 Å². The molecule has 0 amide bonds. The zero-order valence-corrected chi connectivity index (χ0v) is 6.96. The van der Waals surface area contributed by atoms with Gasteiger partial charge in [-0.15, -0.1) is 0 Å². The van der Waals surface area contributed by atoms with E-state index in [1.807, 2.05) is 0 Å². The molecule has 0 aliphatic heterocycles. The predicted octanol–water partition coefficient (Wildman–Crippen LogP) is -2.45. The van der Waals surface area contributed by atoms with Gasteiger partial charge in [-0.05, 0) is 5.19 Å². The molecule has 0 aliphatic carbocycles. The van der Waals surface area contributed by atoms with Crippen molar-refractivity contribution in [3.63, 3.8) is 0 Å². The van der Waals surface area contributed by atoms with E-state index in [1.54, 1.807) is 0 Å². The van der Waals surface area contributed by atoms with Crippen LogP contribution in [-0.2, 0) is 0 Å². The first-order chi connectivity index (χ1) is 4.61. The maximum atomic E-state index is 10.7. The molecule has 48 valence electrons. The van der Waals surface area contributed by atoms with E-state index in [1.165, 1.54) is 6.20 Å². The molecule has 10 heavy (non-hydrogen) atoms. The summed E-state index contributed by atoms with van der Waals surface area (Å²) in [5, 5.41) is 0.578. The van der Waals surface area contributed by atoms with Crippen molar-refractivity contribution < 1.29 is 0 Å². The maximum Gasteiger partial charge on any atom is 0.341 e. The Bertz CT molecular complexity index is 308. The minimum atomic E-state index is -0.434. The van der Waals surface area contributed by atoms with E-state index in [0.29, 0.717) is 5.19 Å². The van der Waals surface area contributed by atoms with Crippen LogP contribution in [-0.4, -0.2) is 29.9 Å². The largest absolute Gasteiger partial charge is 0.384 e. The molecule has 0 atom stereocenters. The monoisotopic (exact) mass is 165 g/mol. The first-order valence-electron chi connectivity index (χ1n) is 2.43. The molecular formula is C4H3N3OSi2. The van der Waals surface area contributed by atoms with Crippen molar-refractivity contribution in [2.45, 2.75) is 0 Å². The first-order valence-corrected chi connectivity index (χ1v) is 3.38. The molecule has 1 aromatic heterocycles. The molecule has 1 heterocycles. The number of rotatable bonds is 0. The zero-order chi connectivity index (χ0) is 7.72. The van der Waals surface area contributed by atoms with Crippen LogP contribution in [0.5, 0.6) is 0 Å². The fourth-order valence-corrected chi connectivity index (χ4v) is 0.961. The van der Waals surface area contributed by atoms with Gasteiger partial charge in [0.25, 0.3) is 0 Å². The summed E-state index contributed by atoms with van der Waals surface area (Å²) < 4.78 is 1.15. The molecule has 0 spiro atoms. The van der Waals surface area contributed by atoms with E-state index in [2.05, 4.69) is 25.6 Å². The van der Waals surface area contributed by atoms with Crippen molar-refractivity contribution in [2.75, 3.05) is 5.73 Å². The third kappa shape index (κ3) is 1.16. The number of hydrogen-bond donors (Lipinski definition) is 1. The molecule has 0 unspecified atom stereocenters. The van der Waals surface area contributed by atoms with Gasteiger partial charge >= 0.3 is 5.69 Å². The fourth-order valence-electron chi connectivity index (χ4n) is 0.468. The number of nitrogens with zero attached hydrogens (tertiary/aromatic N) is 2. The van der Waals surface area contributed by atoms with Crippen LogP contribution >= 0.6 is 0 Å². The quantitative estimate of drug-likeness (QED) is 0.434. The van der Waals surface area contributed by atoms with Gasteiger partial charge in [-0.2, -0.15) is 4.98 Å². The summed E-state index contributed by atoms with van der Waals surface area (Å²) in [5.41, 5.74) is 4.86. The van der Waals surface area contributed by atoms with Crippen LogP contribution in [0.3, 0.4) is 0 Å². The SMILES string of the molecule is Nc1nc(=O)n([Si])cc1[Si]. The fraction of sp³-hybridized carbons (Fsp3) is 0. The van der Waals surface area contributed by atoms with Crippen molar-refractivity contribution in [2.24, 2.45) is 0 Å². The number of anilines is 1. The topological polar surface area (TPSA) is 60.9 Å². The van der Waals surface area contributed by atoms with Gasteiger partial charge in [-0.3, -0.25) is 0 Å². The first kappa shape index (κ1) is 7.22. The van der Waals surface area contributed by atoms with Crippen LogP contribution < -0.4 is 16.6 Å². The van der Waals surface area contributed by atoms with E-state index in [9.17, 15) is 4.79 Å². The summed E-state index contributed by atoms with van der Waals surface area (Å²) in [5.74, 6) is 0.191. The minimum absolute atomic E-state index is 0.191. The molecule has 0 aliphatic rings. The van der Waals surface area contributed by atoms with Crippen LogP contribution in [0.1, 0.15) is 0 Å². The summed E-state index contributed by atoms with van der Waals surface area (Å²) in [4.78, 5) is 14.2. The molecule has 0 bridgehead atoms. The van der Waals surface area contributed by atoms with Gasteiger partial charge in [0, 0.05) is 6.20 Å². The lowest BCUT2D eigenvalue weighted by atomic mass is 10.6. The Labute approximate surface area is 64.0 Å². The highest BCUT2D eigenvalue weighted by molar-refractivity contribution is 6.35. The molecule has 0 fully saturated rings. The zero-order valence-electron chi connectivity index (χ0n) is 4.96. The highest BCUT2D eigenvalue weighted by Crippen LogP contribution is 1.80. The maximum absolute atomic E-state index is 10.7. The Morgan fingerprint density at radius 2 is 2.30 bits per heavy atom. The smallest absolute Gasteiger partial charge is 0.341 e. The van der Waals surface area contributed by atoms with Gasteiger partial charge in [-0.1, -0.05) is 0 Å². The van der Waals surface area contributed by atoms with Crippen LogP contribution in [0.2, 0.25) is 0 Å². The summed E-state index contributed by atoms with van der Waals surface area (Å²) in [6.07, 6.45) is 1.48. The average molecular weight is 165 g/mol. The Morgan fingerprint density at radius 3 is 2.80 bits per heavy atom. The van der Waals surface area contributed by atoms with E-state index in [-0.39, 0.29) is 5.82 Å². The van der Waals surface area contributed by atoms with Crippen molar-refractivity contribution in [3.8, 4) is 0 Å². The molecule has 1 aromatic rings. The van der Waals surface area contributed by atoms with Crippen LogP contribution in [0, 0.1) is 0 Å². The second-order valence-corrected chi connectivity index (χ2v) is 2.71. The number of aromatic nitrogens is 2. The Hall–Kier alpha value is -0.886. The third-order valence-corrected chi connectivity index (χ3v) is 1.66. The average Bonchev–Trinajstić information content (AvgIpc) is 1.84. The summed E-state index contributed by atoms with van der Waals surface area (Å²) in [6.45, 7) is 0. The van der Waals surface area contributed by atoms with Gasteiger partial charge in [0.15, 0.2) is 0 Å². The highest BCUT2D eigenvalue weighted by atomic mass is 28.2. The highest BCUT2D eigenvalue weighted by Gasteiger charge is 1.96. The van der Waals surface area contributed by atoms with E-state index in [0.717, 1.165) is 4.23 Å². The van der Waals surface area contributed by atoms with Crippen LogP contribution in [0.15, 0.2) is 11.0 Å².